The molecule has 1 heterocycles. The maximum absolute atomic E-state index is 11.9. The molecule has 0 bridgehead atoms. The molecule has 0 saturated carbocycles. The number of carbonyl (C=O) groups is 2. The summed E-state index contributed by atoms with van der Waals surface area (Å²) in [4.78, 5) is 23.7. The molecular formula is C14H16N4O2. The predicted molar refractivity (Wildman–Crippen MR) is 75.6 cm³/mol. The maximum atomic E-state index is 11.9. The first-order valence-corrected chi connectivity index (χ1v) is 6.39. The van der Waals surface area contributed by atoms with Crippen molar-refractivity contribution in [2.75, 3.05) is 11.9 Å². The normalized spacial score (nSPS) is 10.1. The molecule has 1 aromatic carbocycles. The van der Waals surface area contributed by atoms with Gasteiger partial charge in [0.1, 0.15) is 0 Å². The van der Waals surface area contributed by atoms with Crippen LogP contribution in [0.25, 0.3) is 0 Å². The summed E-state index contributed by atoms with van der Waals surface area (Å²) in [5.74, 6) is -0.420. The minimum atomic E-state index is -0.273. The quantitative estimate of drug-likeness (QED) is 0.775. The summed E-state index contributed by atoms with van der Waals surface area (Å²) < 4.78 is 0. The third-order valence-electron chi connectivity index (χ3n) is 2.68. The lowest BCUT2D eigenvalue weighted by atomic mass is 10.2. The fourth-order valence-corrected chi connectivity index (χ4v) is 1.66. The van der Waals surface area contributed by atoms with Gasteiger partial charge in [-0.2, -0.15) is 5.10 Å². The summed E-state index contributed by atoms with van der Waals surface area (Å²) >= 11 is 0. The molecular weight excluding hydrogens is 256 g/mol. The van der Waals surface area contributed by atoms with Crippen molar-refractivity contribution in [2.45, 2.75) is 13.3 Å². The highest BCUT2D eigenvalue weighted by Crippen LogP contribution is 2.12. The van der Waals surface area contributed by atoms with E-state index in [1.807, 2.05) is 6.92 Å². The van der Waals surface area contributed by atoms with Crippen LogP contribution >= 0.6 is 0 Å². The van der Waals surface area contributed by atoms with E-state index in [4.69, 9.17) is 0 Å². The van der Waals surface area contributed by atoms with Gasteiger partial charge >= 0.3 is 0 Å². The number of nitrogens with one attached hydrogen (secondary N) is 3. The van der Waals surface area contributed by atoms with Gasteiger partial charge in [-0.1, -0.05) is 13.0 Å². The monoisotopic (exact) mass is 272 g/mol. The number of hydrogen-bond acceptors (Lipinski definition) is 3. The SMILES string of the molecule is CCCNC(=O)c1cccc(NC(=O)c2cn[nH]c2)c1. The Bertz CT molecular complexity index is 593. The smallest absolute Gasteiger partial charge is 0.258 e. The van der Waals surface area contributed by atoms with Gasteiger partial charge in [0, 0.05) is 24.0 Å². The highest BCUT2D eigenvalue weighted by molar-refractivity contribution is 6.04. The zero-order valence-electron chi connectivity index (χ0n) is 11.1. The first-order chi connectivity index (χ1) is 9.70. The van der Waals surface area contributed by atoms with Crippen LogP contribution in [0.5, 0.6) is 0 Å². The van der Waals surface area contributed by atoms with Crippen molar-refractivity contribution in [3.8, 4) is 0 Å². The summed E-state index contributed by atoms with van der Waals surface area (Å²) in [5.41, 5.74) is 1.52. The number of anilines is 1. The average Bonchev–Trinajstić information content (AvgIpc) is 2.99. The van der Waals surface area contributed by atoms with Gasteiger partial charge in [0.2, 0.25) is 0 Å². The van der Waals surface area contributed by atoms with E-state index >= 15 is 0 Å². The first kappa shape index (κ1) is 13.8. The number of carbonyl (C=O) groups excluding carboxylic acids is 2. The van der Waals surface area contributed by atoms with Crippen molar-refractivity contribution in [2.24, 2.45) is 0 Å². The summed E-state index contributed by atoms with van der Waals surface area (Å²) in [5, 5.41) is 11.8. The number of benzene rings is 1. The molecule has 0 aliphatic carbocycles. The molecule has 1 aromatic heterocycles. The molecule has 0 spiro atoms. The fourth-order valence-electron chi connectivity index (χ4n) is 1.66. The van der Waals surface area contributed by atoms with Crippen LogP contribution in [0.2, 0.25) is 0 Å². The Morgan fingerprint density at radius 3 is 2.80 bits per heavy atom. The average molecular weight is 272 g/mol. The number of amides is 2. The second kappa shape index (κ2) is 6.51. The molecule has 0 unspecified atom stereocenters. The Morgan fingerprint density at radius 2 is 2.10 bits per heavy atom. The van der Waals surface area contributed by atoms with E-state index in [1.54, 1.807) is 24.3 Å². The molecule has 0 aliphatic rings. The van der Waals surface area contributed by atoms with Crippen LogP contribution in [0.15, 0.2) is 36.7 Å². The molecule has 2 amide bonds. The fraction of sp³-hybridized carbons (Fsp3) is 0.214. The third-order valence-corrected chi connectivity index (χ3v) is 2.68. The van der Waals surface area contributed by atoms with E-state index in [9.17, 15) is 9.59 Å². The molecule has 6 heteroatoms. The third kappa shape index (κ3) is 3.44. The van der Waals surface area contributed by atoms with Crippen molar-refractivity contribution in [3.63, 3.8) is 0 Å². The Balaban J connectivity index is 2.06. The number of aromatic amines is 1. The molecule has 104 valence electrons. The molecule has 20 heavy (non-hydrogen) atoms. The van der Waals surface area contributed by atoms with E-state index < -0.39 is 0 Å². The van der Waals surface area contributed by atoms with E-state index in [0.29, 0.717) is 23.4 Å². The maximum Gasteiger partial charge on any atom is 0.258 e. The van der Waals surface area contributed by atoms with Crippen LogP contribution in [0.3, 0.4) is 0 Å². The zero-order valence-corrected chi connectivity index (χ0v) is 11.1. The van der Waals surface area contributed by atoms with Gasteiger partial charge in [-0.15, -0.1) is 0 Å². The van der Waals surface area contributed by atoms with Gasteiger partial charge in [0.05, 0.1) is 11.8 Å². The Hall–Kier alpha value is -2.63. The molecule has 0 aliphatic heterocycles. The van der Waals surface area contributed by atoms with Gasteiger partial charge in [-0.25, -0.2) is 0 Å². The summed E-state index contributed by atoms with van der Waals surface area (Å²) in [7, 11) is 0. The molecule has 0 atom stereocenters. The Kier molecular flexibility index (Phi) is 4.49. The van der Waals surface area contributed by atoms with Crippen LogP contribution in [0, 0.1) is 0 Å². The lowest BCUT2D eigenvalue weighted by Gasteiger charge is -2.07. The van der Waals surface area contributed by atoms with E-state index in [-0.39, 0.29) is 11.8 Å². The summed E-state index contributed by atoms with van der Waals surface area (Å²) in [6.07, 6.45) is 3.82. The van der Waals surface area contributed by atoms with Crippen LogP contribution in [0.1, 0.15) is 34.1 Å². The Morgan fingerprint density at radius 1 is 1.25 bits per heavy atom. The van der Waals surface area contributed by atoms with Gasteiger partial charge < -0.3 is 10.6 Å². The zero-order chi connectivity index (χ0) is 14.4. The van der Waals surface area contributed by atoms with E-state index in [0.717, 1.165) is 6.42 Å². The molecule has 0 saturated heterocycles. The highest BCUT2D eigenvalue weighted by Gasteiger charge is 2.09. The minimum absolute atomic E-state index is 0.147. The second-order valence-corrected chi connectivity index (χ2v) is 4.28. The van der Waals surface area contributed by atoms with Gasteiger partial charge in [0.15, 0.2) is 0 Å². The van der Waals surface area contributed by atoms with Crippen LogP contribution in [-0.2, 0) is 0 Å². The lowest BCUT2D eigenvalue weighted by molar-refractivity contribution is 0.0952. The molecule has 6 nitrogen and oxygen atoms in total. The second-order valence-electron chi connectivity index (χ2n) is 4.28. The molecule has 0 radical (unpaired) electrons. The number of aromatic nitrogens is 2. The number of H-pyrrole nitrogens is 1. The topological polar surface area (TPSA) is 86.9 Å². The summed E-state index contributed by atoms with van der Waals surface area (Å²) in [6.45, 7) is 2.62. The van der Waals surface area contributed by atoms with Crippen molar-refractivity contribution < 1.29 is 9.59 Å². The molecule has 2 aromatic rings. The molecule has 0 fully saturated rings. The standard InChI is InChI=1S/C14H16N4O2/c1-2-6-15-13(19)10-4-3-5-12(7-10)18-14(20)11-8-16-17-9-11/h3-5,7-9H,2,6H2,1H3,(H,15,19)(H,16,17)(H,18,20). The first-order valence-electron chi connectivity index (χ1n) is 6.39. The minimum Gasteiger partial charge on any atom is -0.352 e. The number of nitrogens with zero attached hydrogens (tertiary/aromatic N) is 1. The van der Waals surface area contributed by atoms with Gasteiger partial charge in [-0.05, 0) is 24.6 Å². The number of rotatable bonds is 5. The van der Waals surface area contributed by atoms with Crippen molar-refractivity contribution in [1.29, 1.82) is 0 Å². The van der Waals surface area contributed by atoms with Crippen molar-refractivity contribution in [1.82, 2.24) is 15.5 Å². The number of hydrogen-bond donors (Lipinski definition) is 3. The Labute approximate surface area is 116 Å². The van der Waals surface area contributed by atoms with Gasteiger partial charge in [-0.3, -0.25) is 14.7 Å². The predicted octanol–water partition coefficient (Wildman–Crippen LogP) is 1.80. The molecule has 2 rings (SSSR count). The van der Waals surface area contributed by atoms with Crippen molar-refractivity contribution >= 4 is 17.5 Å². The van der Waals surface area contributed by atoms with Crippen molar-refractivity contribution in [3.05, 3.63) is 47.8 Å². The van der Waals surface area contributed by atoms with Crippen LogP contribution in [0.4, 0.5) is 5.69 Å². The lowest BCUT2D eigenvalue weighted by Crippen LogP contribution is -2.24. The van der Waals surface area contributed by atoms with E-state index in [2.05, 4.69) is 20.8 Å². The molecule has 3 N–H and O–H groups in total. The van der Waals surface area contributed by atoms with Crippen LogP contribution in [-0.4, -0.2) is 28.6 Å². The largest absolute Gasteiger partial charge is 0.352 e. The van der Waals surface area contributed by atoms with E-state index in [1.165, 1.54) is 12.4 Å². The highest BCUT2D eigenvalue weighted by atomic mass is 16.2. The van der Waals surface area contributed by atoms with Gasteiger partial charge in [0.25, 0.3) is 11.8 Å². The summed E-state index contributed by atoms with van der Waals surface area (Å²) in [6, 6.07) is 6.81. The van der Waals surface area contributed by atoms with Crippen LogP contribution < -0.4 is 10.6 Å².